The third-order valence-corrected chi connectivity index (χ3v) is 2.53. The quantitative estimate of drug-likeness (QED) is 0.773. The van der Waals surface area contributed by atoms with E-state index in [1.54, 1.807) is 0 Å². The Hall–Kier alpha value is -0.740. The molecule has 0 aliphatic rings. The van der Waals surface area contributed by atoms with Crippen molar-refractivity contribution in [2.45, 2.75) is 0 Å². The Labute approximate surface area is 89.5 Å². The van der Waals surface area contributed by atoms with Crippen molar-refractivity contribution in [3.63, 3.8) is 0 Å². The molecule has 4 heteroatoms. The number of hydrogen-bond acceptors (Lipinski definition) is 3. The second-order valence-electron chi connectivity index (χ2n) is 1.86. The molecule has 0 radical (unpaired) electrons. The number of nitrogens with zero attached hydrogens (tertiary/aromatic N) is 2. The first-order chi connectivity index (χ1) is 7.91. The zero-order valence-corrected chi connectivity index (χ0v) is 8.08. The van der Waals surface area contributed by atoms with E-state index in [1.165, 1.54) is 0 Å². The lowest BCUT2D eigenvalue weighted by molar-refractivity contribution is 1.31. The SMILES string of the molecule is [2H]c1nc(-c2c([2H])nc([2H])c([2H])c2[2H])sc1Br. The fourth-order valence-electron chi connectivity index (χ4n) is 0.664. The van der Waals surface area contributed by atoms with Gasteiger partial charge < -0.3 is 0 Å². The third-order valence-electron chi connectivity index (χ3n) is 1.11. The van der Waals surface area contributed by atoms with Crippen molar-refractivity contribution in [3.8, 4) is 10.6 Å². The molecule has 0 bridgehead atoms. The van der Waals surface area contributed by atoms with Crippen molar-refractivity contribution in [2.75, 3.05) is 0 Å². The molecule has 2 heterocycles. The summed E-state index contributed by atoms with van der Waals surface area (Å²) in [4.78, 5) is 7.45. The zero-order chi connectivity index (χ0) is 12.7. The van der Waals surface area contributed by atoms with Crippen LogP contribution in [0, 0.1) is 0 Å². The average Bonchev–Trinajstić information content (AvgIpc) is 2.56. The van der Waals surface area contributed by atoms with Gasteiger partial charge in [-0.1, -0.05) is 0 Å². The summed E-state index contributed by atoms with van der Waals surface area (Å²) < 4.78 is 38.1. The molecule has 2 rings (SSSR count). The van der Waals surface area contributed by atoms with Crippen molar-refractivity contribution >= 4 is 27.3 Å². The van der Waals surface area contributed by atoms with Crippen molar-refractivity contribution in [1.82, 2.24) is 9.97 Å². The molecule has 0 unspecified atom stereocenters. The minimum Gasteiger partial charge on any atom is -0.264 e. The lowest BCUT2D eigenvalue weighted by atomic mass is 10.3. The van der Waals surface area contributed by atoms with Crippen molar-refractivity contribution in [2.24, 2.45) is 0 Å². The molecular formula is C8H5BrN2S. The number of aromatic nitrogens is 2. The highest BCUT2D eigenvalue weighted by Crippen LogP contribution is 2.27. The Balaban J connectivity index is 2.71. The minimum absolute atomic E-state index is 0.0188. The standard InChI is InChI=1S/C8H5BrN2S/c9-7-5-11-8(12-7)6-2-1-3-10-4-6/h1-5H/i1D,2D,3D,4D,5D. The first kappa shape index (κ1) is 3.98. The summed E-state index contributed by atoms with van der Waals surface area (Å²) in [5, 5.41) is 0.290. The Kier molecular flexibility index (Phi) is 1.10. The van der Waals surface area contributed by atoms with Gasteiger partial charge in [0.1, 0.15) is 5.01 Å². The fraction of sp³-hybridized carbons (Fsp3) is 0. The summed E-state index contributed by atoms with van der Waals surface area (Å²) >= 11 is 4.24. The summed E-state index contributed by atoms with van der Waals surface area (Å²) in [6.45, 7) is 0. The molecule has 2 aromatic rings. The molecule has 0 atom stereocenters. The second-order valence-corrected chi connectivity index (χ2v) is 4.18. The van der Waals surface area contributed by atoms with Gasteiger partial charge in [-0.15, -0.1) is 11.3 Å². The first-order valence-electron chi connectivity index (χ1n) is 5.49. The average molecular weight is 246 g/mol. The summed E-state index contributed by atoms with van der Waals surface area (Å²) in [5.74, 6) is 0. The van der Waals surface area contributed by atoms with E-state index in [2.05, 4.69) is 25.9 Å². The van der Waals surface area contributed by atoms with Gasteiger partial charge in [0, 0.05) is 17.9 Å². The molecule has 0 N–H and O–H groups in total. The fourth-order valence-corrected chi connectivity index (χ4v) is 1.76. The number of halogens is 1. The predicted octanol–water partition coefficient (Wildman–Crippen LogP) is 2.97. The maximum Gasteiger partial charge on any atom is 0.125 e. The van der Waals surface area contributed by atoms with Gasteiger partial charge in [-0.25, -0.2) is 4.98 Å². The summed E-state index contributed by atoms with van der Waals surface area (Å²) in [6.07, 6.45) is -0.645. The van der Waals surface area contributed by atoms with Crippen LogP contribution in [0.3, 0.4) is 0 Å². The van der Waals surface area contributed by atoms with Crippen LogP contribution >= 0.6 is 27.3 Å². The molecule has 0 aromatic carbocycles. The highest BCUT2D eigenvalue weighted by atomic mass is 79.9. The van der Waals surface area contributed by atoms with Gasteiger partial charge in [0.05, 0.1) is 16.8 Å². The molecule has 0 amide bonds. The van der Waals surface area contributed by atoms with Crippen LogP contribution in [-0.4, -0.2) is 9.97 Å². The summed E-state index contributed by atoms with van der Waals surface area (Å²) in [5.41, 5.74) is 0.0928. The molecule has 0 fully saturated rings. The second kappa shape index (κ2) is 3.33. The van der Waals surface area contributed by atoms with Crippen molar-refractivity contribution < 1.29 is 6.85 Å². The van der Waals surface area contributed by atoms with Crippen LogP contribution in [0.5, 0.6) is 0 Å². The van der Waals surface area contributed by atoms with Crippen LogP contribution in [0.1, 0.15) is 6.85 Å². The van der Waals surface area contributed by atoms with Crippen LogP contribution in [0.15, 0.2) is 34.4 Å². The van der Waals surface area contributed by atoms with Crippen LogP contribution in [-0.2, 0) is 0 Å². The normalized spacial score (nSPS) is 15.9. The number of rotatable bonds is 1. The Morgan fingerprint density at radius 1 is 1.50 bits per heavy atom. The van der Waals surface area contributed by atoms with E-state index in [1.807, 2.05) is 0 Å². The highest BCUT2D eigenvalue weighted by molar-refractivity contribution is 9.11. The van der Waals surface area contributed by atoms with E-state index in [0.717, 1.165) is 11.3 Å². The predicted molar refractivity (Wildman–Crippen MR) is 53.0 cm³/mol. The molecule has 0 aliphatic heterocycles. The van der Waals surface area contributed by atoms with E-state index in [4.69, 9.17) is 6.85 Å². The summed E-state index contributed by atoms with van der Waals surface area (Å²) in [6, 6.07) is -0.592. The topological polar surface area (TPSA) is 25.8 Å². The van der Waals surface area contributed by atoms with E-state index >= 15 is 0 Å². The lowest BCUT2D eigenvalue weighted by Gasteiger charge is -1.91. The lowest BCUT2D eigenvalue weighted by Crippen LogP contribution is -1.75. The van der Waals surface area contributed by atoms with Crippen molar-refractivity contribution in [1.29, 1.82) is 0 Å². The van der Waals surface area contributed by atoms with Gasteiger partial charge in [0.15, 0.2) is 0 Å². The van der Waals surface area contributed by atoms with Gasteiger partial charge in [0.25, 0.3) is 0 Å². The van der Waals surface area contributed by atoms with Gasteiger partial charge in [-0.2, -0.15) is 0 Å². The number of hydrogen-bond donors (Lipinski definition) is 0. The first-order valence-corrected chi connectivity index (χ1v) is 4.60. The Bertz CT molecular complexity index is 581. The van der Waals surface area contributed by atoms with Gasteiger partial charge in [-0.3, -0.25) is 4.98 Å². The maximum atomic E-state index is 7.72. The van der Waals surface area contributed by atoms with E-state index < -0.39 is 6.17 Å². The molecule has 0 aliphatic carbocycles. The van der Waals surface area contributed by atoms with E-state index in [9.17, 15) is 0 Å². The molecule has 2 aromatic heterocycles. The molecule has 0 spiro atoms. The molecule has 12 heavy (non-hydrogen) atoms. The number of pyridine rings is 1. The smallest absolute Gasteiger partial charge is 0.125 e. The third kappa shape index (κ3) is 1.54. The minimum atomic E-state index is -0.398. The largest absolute Gasteiger partial charge is 0.264 e. The molecule has 60 valence electrons. The Morgan fingerprint density at radius 3 is 3.17 bits per heavy atom. The van der Waals surface area contributed by atoms with Crippen LogP contribution in [0.4, 0.5) is 0 Å². The van der Waals surface area contributed by atoms with Gasteiger partial charge in [0.2, 0.25) is 0 Å². The zero-order valence-electron chi connectivity index (χ0n) is 10.7. The van der Waals surface area contributed by atoms with Crippen LogP contribution < -0.4 is 0 Å². The molecule has 2 nitrogen and oxygen atoms in total. The van der Waals surface area contributed by atoms with Gasteiger partial charge in [-0.05, 0) is 28.0 Å². The van der Waals surface area contributed by atoms with Crippen LogP contribution in [0.25, 0.3) is 10.6 Å². The van der Waals surface area contributed by atoms with Crippen LogP contribution in [0.2, 0.25) is 0 Å². The molecule has 0 saturated heterocycles. The monoisotopic (exact) mass is 245 g/mol. The van der Waals surface area contributed by atoms with Crippen molar-refractivity contribution in [3.05, 3.63) is 34.4 Å². The summed E-state index contributed by atoms with van der Waals surface area (Å²) in [7, 11) is 0. The maximum absolute atomic E-state index is 7.72. The van der Waals surface area contributed by atoms with E-state index in [-0.39, 0.29) is 35.0 Å². The van der Waals surface area contributed by atoms with E-state index in [0.29, 0.717) is 3.79 Å². The Morgan fingerprint density at radius 2 is 2.42 bits per heavy atom. The molecule has 0 saturated carbocycles. The molecular weight excluding hydrogens is 236 g/mol. The highest BCUT2D eigenvalue weighted by Gasteiger charge is 2.01. The number of thiazole rings is 1. The van der Waals surface area contributed by atoms with Gasteiger partial charge >= 0.3 is 0 Å².